The van der Waals surface area contributed by atoms with E-state index in [9.17, 15) is 22.4 Å². The van der Waals surface area contributed by atoms with E-state index in [0.717, 1.165) is 28.1 Å². The first kappa shape index (κ1) is 22.5. The Kier molecular flexibility index (Phi) is 7.46. The number of sulfonamides is 1. The van der Waals surface area contributed by atoms with Crippen molar-refractivity contribution in [1.29, 1.82) is 0 Å². The number of halogens is 1. The number of amides is 1. The van der Waals surface area contributed by atoms with Crippen molar-refractivity contribution in [2.75, 3.05) is 27.2 Å². The number of nitrogens with zero attached hydrogens (tertiary/aromatic N) is 2. The maximum Gasteiger partial charge on any atom is 0.341 e. The van der Waals surface area contributed by atoms with Crippen molar-refractivity contribution in [3.05, 3.63) is 65.5 Å². The summed E-state index contributed by atoms with van der Waals surface area (Å²) >= 11 is 0. The molecule has 0 aliphatic heterocycles. The molecule has 0 saturated heterocycles. The van der Waals surface area contributed by atoms with Crippen molar-refractivity contribution in [3.63, 3.8) is 0 Å². The van der Waals surface area contributed by atoms with Crippen LogP contribution < -0.4 is 0 Å². The Labute approximate surface area is 169 Å². The standard InChI is InChI=1S/C20H23FN2O5S/c1-4-23(13-15-8-6-5-7-9-15)19(24)14-28-20(25)17-12-16(10-11-18(17)21)29(26,27)22(2)3/h5-12H,4,13-14H2,1-3H3. The molecule has 0 saturated carbocycles. The molecule has 0 spiro atoms. The molecule has 2 rings (SSSR count). The van der Waals surface area contributed by atoms with Crippen molar-refractivity contribution in [1.82, 2.24) is 9.21 Å². The Balaban J connectivity index is 2.09. The van der Waals surface area contributed by atoms with Gasteiger partial charge in [0.2, 0.25) is 10.0 Å². The molecular weight excluding hydrogens is 399 g/mol. The van der Waals surface area contributed by atoms with E-state index in [-0.39, 0.29) is 4.90 Å². The van der Waals surface area contributed by atoms with Gasteiger partial charge in [-0.05, 0) is 30.7 Å². The molecule has 0 N–H and O–H groups in total. The number of rotatable bonds is 8. The molecule has 0 heterocycles. The number of carbonyl (C=O) groups excluding carboxylic acids is 2. The van der Waals surface area contributed by atoms with Gasteiger partial charge in [0.15, 0.2) is 6.61 Å². The molecule has 0 aromatic heterocycles. The number of esters is 1. The Bertz CT molecular complexity index is 978. The van der Waals surface area contributed by atoms with Crippen molar-refractivity contribution in [2.24, 2.45) is 0 Å². The van der Waals surface area contributed by atoms with E-state index >= 15 is 0 Å². The third kappa shape index (κ3) is 5.61. The van der Waals surface area contributed by atoms with Crippen LogP contribution in [0.5, 0.6) is 0 Å². The van der Waals surface area contributed by atoms with Crippen LogP contribution in [-0.2, 0) is 26.1 Å². The maximum atomic E-state index is 14.0. The van der Waals surface area contributed by atoms with E-state index in [1.54, 1.807) is 6.92 Å². The quantitative estimate of drug-likeness (QED) is 0.610. The molecule has 0 atom stereocenters. The van der Waals surface area contributed by atoms with Crippen molar-refractivity contribution >= 4 is 21.9 Å². The van der Waals surface area contributed by atoms with E-state index in [0.29, 0.717) is 13.1 Å². The van der Waals surface area contributed by atoms with Crippen LogP contribution in [0.25, 0.3) is 0 Å². The molecule has 0 bridgehead atoms. The zero-order valence-electron chi connectivity index (χ0n) is 16.5. The maximum absolute atomic E-state index is 14.0. The molecule has 2 aromatic carbocycles. The molecule has 9 heteroatoms. The zero-order chi connectivity index (χ0) is 21.6. The lowest BCUT2D eigenvalue weighted by Gasteiger charge is -2.21. The summed E-state index contributed by atoms with van der Waals surface area (Å²) in [7, 11) is -1.21. The van der Waals surface area contributed by atoms with Gasteiger partial charge in [-0.25, -0.2) is 21.9 Å². The molecule has 156 valence electrons. The van der Waals surface area contributed by atoms with Crippen LogP contribution >= 0.6 is 0 Å². The van der Waals surface area contributed by atoms with E-state index in [1.165, 1.54) is 19.0 Å². The van der Waals surface area contributed by atoms with Crippen LogP contribution in [-0.4, -0.2) is 56.7 Å². The smallest absolute Gasteiger partial charge is 0.341 e. The number of likely N-dealkylation sites (N-methyl/N-ethyl adjacent to an activating group) is 1. The van der Waals surface area contributed by atoms with Gasteiger partial charge in [-0.3, -0.25) is 4.79 Å². The van der Waals surface area contributed by atoms with Gasteiger partial charge in [-0.1, -0.05) is 30.3 Å². The topological polar surface area (TPSA) is 84.0 Å². The van der Waals surface area contributed by atoms with Crippen LogP contribution in [0.15, 0.2) is 53.4 Å². The normalized spacial score (nSPS) is 11.3. The minimum Gasteiger partial charge on any atom is -0.452 e. The molecule has 0 radical (unpaired) electrons. The predicted octanol–water partition coefficient (Wildman–Crippen LogP) is 2.28. The van der Waals surface area contributed by atoms with Crippen molar-refractivity contribution in [3.8, 4) is 0 Å². The van der Waals surface area contributed by atoms with E-state index < -0.39 is 39.9 Å². The first-order valence-corrected chi connectivity index (χ1v) is 10.3. The molecular formula is C20H23FN2O5S. The van der Waals surface area contributed by atoms with Crippen LogP contribution in [0.2, 0.25) is 0 Å². The minimum absolute atomic E-state index is 0.249. The summed E-state index contributed by atoms with van der Waals surface area (Å²) in [6.45, 7) is 1.95. The van der Waals surface area contributed by atoms with Crippen molar-refractivity contribution < 1.29 is 27.1 Å². The summed E-state index contributed by atoms with van der Waals surface area (Å²) in [4.78, 5) is 25.9. The summed E-state index contributed by atoms with van der Waals surface area (Å²) in [5.41, 5.74) is 0.369. The molecule has 0 unspecified atom stereocenters. The van der Waals surface area contributed by atoms with E-state index in [1.807, 2.05) is 30.3 Å². The number of carbonyl (C=O) groups is 2. The summed E-state index contributed by atoms with van der Waals surface area (Å²) < 4.78 is 44.3. The fourth-order valence-electron chi connectivity index (χ4n) is 2.51. The molecule has 7 nitrogen and oxygen atoms in total. The molecule has 29 heavy (non-hydrogen) atoms. The highest BCUT2D eigenvalue weighted by Gasteiger charge is 2.23. The van der Waals surface area contributed by atoms with Gasteiger partial charge < -0.3 is 9.64 Å². The predicted molar refractivity (Wildman–Crippen MR) is 105 cm³/mol. The van der Waals surface area contributed by atoms with Crippen LogP contribution in [0.4, 0.5) is 4.39 Å². The van der Waals surface area contributed by atoms with Gasteiger partial charge in [0.1, 0.15) is 5.82 Å². The van der Waals surface area contributed by atoms with E-state index in [4.69, 9.17) is 4.74 Å². The number of hydrogen-bond acceptors (Lipinski definition) is 5. The summed E-state index contributed by atoms with van der Waals surface area (Å²) in [5.74, 6) is -2.48. The van der Waals surface area contributed by atoms with E-state index in [2.05, 4.69) is 0 Å². The lowest BCUT2D eigenvalue weighted by molar-refractivity contribution is -0.135. The highest BCUT2D eigenvalue weighted by Crippen LogP contribution is 2.18. The Morgan fingerprint density at radius 1 is 1.07 bits per heavy atom. The average molecular weight is 422 g/mol. The van der Waals surface area contributed by atoms with Crippen molar-refractivity contribution in [2.45, 2.75) is 18.4 Å². The monoisotopic (exact) mass is 422 g/mol. The lowest BCUT2D eigenvalue weighted by atomic mass is 10.2. The SMILES string of the molecule is CCN(Cc1ccccc1)C(=O)COC(=O)c1cc(S(=O)(=O)N(C)C)ccc1F. The van der Waals surface area contributed by atoms with Crippen LogP contribution in [0.3, 0.4) is 0 Å². The summed E-state index contributed by atoms with van der Waals surface area (Å²) in [5, 5.41) is 0. The highest BCUT2D eigenvalue weighted by atomic mass is 32.2. The summed E-state index contributed by atoms with van der Waals surface area (Å²) in [6.07, 6.45) is 0. The van der Waals surface area contributed by atoms with Gasteiger partial charge in [-0.2, -0.15) is 0 Å². The van der Waals surface area contributed by atoms with Gasteiger partial charge >= 0.3 is 5.97 Å². The minimum atomic E-state index is -3.85. The average Bonchev–Trinajstić information content (AvgIpc) is 2.70. The molecule has 2 aromatic rings. The molecule has 0 aliphatic rings. The first-order valence-electron chi connectivity index (χ1n) is 8.87. The second kappa shape index (κ2) is 9.62. The molecule has 1 amide bonds. The van der Waals surface area contributed by atoms with Crippen LogP contribution in [0.1, 0.15) is 22.8 Å². The summed E-state index contributed by atoms with van der Waals surface area (Å²) in [6, 6.07) is 12.1. The third-order valence-corrected chi connectivity index (χ3v) is 6.02. The first-order chi connectivity index (χ1) is 13.7. The number of hydrogen-bond donors (Lipinski definition) is 0. The Morgan fingerprint density at radius 2 is 1.72 bits per heavy atom. The number of ether oxygens (including phenoxy) is 1. The largest absolute Gasteiger partial charge is 0.452 e. The van der Waals surface area contributed by atoms with Gasteiger partial charge in [0.25, 0.3) is 5.91 Å². The third-order valence-electron chi connectivity index (χ3n) is 4.21. The Hall–Kier alpha value is -2.78. The van der Waals surface area contributed by atoms with Gasteiger partial charge in [0.05, 0.1) is 10.5 Å². The molecule has 0 fully saturated rings. The van der Waals surface area contributed by atoms with Crippen LogP contribution in [0, 0.1) is 5.82 Å². The second-order valence-corrected chi connectivity index (χ2v) is 8.55. The fraction of sp³-hybridized carbons (Fsp3) is 0.300. The Morgan fingerprint density at radius 3 is 2.31 bits per heavy atom. The molecule has 0 aliphatic carbocycles. The van der Waals surface area contributed by atoms with Gasteiger partial charge in [-0.15, -0.1) is 0 Å². The number of benzene rings is 2. The van der Waals surface area contributed by atoms with Gasteiger partial charge in [0, 0.05) is 27.2 Å². The second-order valence-electron chi connectivity index (χ2n) is 6.40. The lowest BCUT2D eigenvalue weighted by Crippen LogP contribution is -2.34. The zero-order valence-corrected chi connectivity index (χ0v) is 17.3. The fourth-order valence-corrected chi connectivity index (χ4v) is 3.44. The highest BCUT2D eigenvalue weighted by molar-refractivity contribution is 7.89.